The number of aromatic carboxylic acids is 2. The van der Waals surface area contributed by atoms with Crippen molar-refractivity contribution in [1.29, 1.82) is 0 Å². The second-order valence-corrected chi connectivity index (χ2v) is 16.8. The summed E-state index contributed by atoms with van der Waals surface area (Å²) in [7, 11) is 0. The van der Waals surface area contributed by atoms with E-state index in [1.165, 1.54) is 11.1 Å². The highest BCUT2D eigenvalue weighted by Crippen LogP contribution is 2.56. The number of carbonyl (C=O) groups is 4. The number of carboxylic acids is 2. The molecule has 278 valence electrons. The van der Waals surface area contributed by atoms with Crippen LogP contribution in [-0.2, 0) is 0 Å². The zero-order valence-corrected chi connectivity index (χ0v) is 31.8. The number of nitrogens with zero attached hydrogens (tertiary/aromatic N) is 3. The van der Waals surface area contributed by atoms with Crippen LogP contribution in [0.5, 0.6) is 0 Å². The van der Waals surface area contributed by atoms with Crippen molar-refractivity contribution >= 4 is 34.9 Å². The number of benzene rings is 2. The van der Waals surface area contributed by atoms with Crippen molar-refractivity contribution in [2.24, 2.45) is 21.7 Å². The predicted octanol–water partition coefficient (Wildman–Crippen LogP) is 8.28. The van der Waals surface area contributed by atoms with Crippen LogP contribution < -0.4 is 0 Å². The topological polar surface area (TPSA) is 128 Å². The number of hydrogen-bond acceptors (Lipinski definition) is 5. The molecule has 4 aliphatic rings. The fourth-order valence-corrected chi connectivity index (χ4v) is 9.71. The summed E-state index contributed by atoms with van der Waals surface area (Å²) in [5.74, 6) is -2.33. The van der Waals surface area contributed by atoms with Crippen LogP contribution in [-0.4, -0.2) is 74.9 Å². The molecular formula is C45H47N3O6. The van der Waals surface area contributed by atoms with Gasteiger partial charge >= 0.3 is 11.9 Å². The molecule has 0 spiro atoms. The van der Waals surface area contributed by atoms with Crippen LogP contribution in [0, 0.1) is 21.7 Å². The third-order valence-corrected chi connectivity index (χ3v) is 12.3. The van der Waals surface area contributed by atoms with E-state index in [-0.39, 0.29) is 56.0 Å². The summed E-state index contributed by atoms with van der Waals surface area (Å²) in [5, 5.41) is 18.7. The Hall–Kier alpha value is -5.57. The molecule has 0 unspecified atom stereocenters. The molecular weight excluding hydrogens is 679 g/mol. The molecule has 2 amide bonds. The first-order chi connectivity index (χ1) is 25.4. The van der Waals surface area contributed by atoms with Crippen LogP contribution >= 0.6 is 0 Å². The lowest BCUT2D eigenvalue weighted by molar-refractivity contribution is 0.0661. The van der Waals surface area contributed by atoms with Crippen molar-refractivity contribution < 1.29 is 29.4 Å². The molecule has 9 heteroatoms. The number of pyridine rings is 1. The summed E-state index contributed by atoms with van der Waals surface area (Å²) in [6.07, 6.45) is 10.2. The van der Waals surface area contributed by atoms with E-state index >= 15 is 0 Å². The average Bonchev–Trinajstić information content (AvgIpc) is 3.13. The molecule has 2 aliphatic heterocycles. The smallest absolute Gasteiger partial charge is 0.335 e. The number of rotatable bonds is 6. The van der Waals surface area contributed by atoms with Crippen molar-refractivity contribution in [2.45, 2.75) is 54.4 Å². The molecule has 0 bridgehead atoms. The number of aromatic nitrogens is 1. The largest absolute Gasteiger partial charge is 0.478 e. The maximum Gasteiger partial charge on any atom is 0.335 e. The Balaban J connectivity index is 1.06. The van der Waals surface area contributed by atoms with Gasteiger partial charge in [-0.05, 0) is 71.5 Å². The van der Waals surface area contributed by atoms with Gasteiger partial charge in [0, 0.05) is 47.8 Å². The molecule has 9 nitrogen and oxygen atoms in total. The van der Waals surface area contributed by atoms with Gasteiger partial charge in [0.2, 0.25) is 0 Å². The van der Waals surface area contributed by atoms with Crippen LogP contribution in [0.25, 0.3) is 11.1 Å². The molecule has 0 saturated heterocycles. The SMILES string of the molecule is CC1(C)C(c2ccc(C(=O)O)cc2)=CC[C@]2(C)CN(C(=O)c3cccc(C(=O)N4CC=C5C(C)(C)C(c6ccc(C(=O)O)cc6)=CC[C@]5(C)C4)n3)CC=C12. The lowest BCUT2D eigenvalue weighted by Crippen LogP contribution is -2.49. The summed E-state index contributed by atoms with van der Waals surface area (Å²) in [6.45, 7) is 15.0. The van der Waals surface area contributed by atoms with Gasteiger partial charge in [0.25, 0.3) is 11.8 Å². The van der Waals surface area contributed by atoms with Crippen molar-refractivity contribution in [3.05, 3.63) is 136 Å². The molecule has 1 aromatic heterocycles. The highest BCUT2D eigenvalue weighted by Gasteiger charge is 2.48. The molecule has 0 fully saturated rings. The van der Waals surface area contributed by atoms with Gasteiger partial charge in [-0.2, -0.15) is 0 Å². The molecule has 7 rings (SSSR count). The van der Waals surface area contributed by atoms with Crippen molar-refractivity contribution in [2.75, 3.05) is 26.2 Å². The van der Waals surface area contributed by atoms with E-state index in [2.05, 4.69) is 70.8 Å². The molecule has 54 heavy (non-hydrogen) atoms. The van der Waals surface area contributed by atoms with Crippen molar-refractivity contribution in [1.82, 2.24) is 14.8 Å². The molecule has 0 radical (unpaired) electrons. The lowest BCUT2D eigenvalue weighted by atomic mass is 9.58. The number of hydrogen-bond donors (Lipinski definition) is 2. The lowest BCUT2D eigenvalue weighted by Gasteiger charge is -2.50. The summed E-state index contributed by atoms with van der Waals surface area (Å²) < 4.78 is 0. The highest BCUT2D eigenvalue weighted by molar-refractivity contribution is 5.97. The van der Waals surface area contributed by atoms with E-state index < -0.39 is 11.9 Å². The van der Waals surface area contributed by atoms with Gasteiger partial charge in [0.05, 0.1) is 11.1 Å². The Kier molecular flexibility index (Phi) is 8.90. The Morgan fingerprint density at radius 3 is 1.28 bits per heavy atom. The second kappa shape index (κ2) is 13.1. The van der Waals surface area contributed by atoms with Gasteiger partial charge in [-0.1, -0.05) is 107 Å². The minimum atomic E-state index is -0.951. The third-order valence-electron chi connectivity index (χ3n) is 12.3. The van der Waals surface area contributed by atoms with Crippen molar-refractivity contribution in [3.63, 3.8) is 0 Å². The number of amides is 2. The zero-order valence-electron chi connectivity index (χ0n) is 31.8. The maximum atomic E-state index is 14.0. The first-order valence-electron chi connectivity index (χ1n) is 18.5. The Morgan fingerprint density at radius 1 is 0.556 bits per heavy atom. The van der Waals surface area contributed by atoms with E-state index in [0.717, 1.165) is 35.1 Å². The summed E-state index contributed by atoms with van der Waals surface area (Å²) in [5.41, 5.74) is 6.52. The fraction of sp³-hybridized carbons (Fsp3) is 0.356. The normalized spacial score (nSPS) is 24.2. The maximum absolute atomic E-state index is 14.0. The quantitative estimate of drug-likeness (QED) is 0.245. The predicted molar refractivity (Wildman–Crippen MR) is 208 cm³/mol. The summed E-state index contributed by atoms with van der Waals surface area (Å²) >= 11 is 0. The first kappa shape index (κ1) is 36.8. The monoisotopic (exact) mass is 725 g/mol. The van der Waals surface area contributed by atoms with E-state index in [9.17, 15) is 29.4 Å². The number of carbonyl (C=O) groups excluding carboxylic acids is 2. The van der Waals surface area contributed by atoms with E-state index in [1.54, 1.807) is 42.5 Å². The number of fused-ring (bicyclic) bond motifs is 2. The van der Waals surface area contributed by atoms with Gasteiger partial charge < -0.3 is 20.0 Å². The number of allylic oxidation sites excluding steroid dienone is 4. The molecule has 3 heterocycles. The van der Waals surface area contributed by atoms with Gasteiger partial charge in [-0.25, -0.2) is 14.6 Å². The molecule has 3 aromatic rings. The second-order valence-electron chi connectivity index (χ2n) is 16.8. The minimum Gasteiger partial charge on any atom is -0.478 e. The van der Waals surface area contributed by atoms with Crippen LogP contribution in [0.1, 0.15) is 107 Å². The highest BCUT2D eigenvalue weighted by atomic mass is 16.4. The van der Waals surface area contributed by atoms with Crippen LogP contribution in [0.15, 0.2) is 102 Å². The minimum absolute atomic E-state index is 0.214. The molecule has 2 N–H and O–H groups in total. The summed E-state index contributed by atoms with van der Waals surface area (Å²) in [6, 6.07) is 19.1. The van der Waals surface area contributed by atoms with Gasteiger partial charge in [0.1, 0.15) is 11.4 Å². The molecule has 0 saturated carbocycles. The fourth-order valence-electron chi connectivity index (χ4n) is 9.71. The van der Waals surface area contributed by atoms with Crippen LogP contribution in [0.3, 0.4) is 0 Å². The van der Waals surface area contributed by atoms with Gasteiger partial charge in [-0.3, -0.25) is 9.59 Å². The molecule has 2 aromatic carbocycles. The van der Waals surface area contributed by atoms with Crippen LogP contribution in [0.2, 0.25) is 0 Å². The Bertz CT molecular complexity index is 2050. The summed E-state index contributed by atoms with van der Waals surface area (Å²) in [4.78, 5) is 59.1. The molecule has 2 aliphatic carbocycles. The van der Waals surface area contributed by atoms with E-state index in [0.29, 0.717) is 26.2 Å². The van der Waals surface area contributed by atoms with E-state index in [1.807, 2.05) is 34.1 Å². The zero-order chi connectivity index (χ0) is 38.8. The van der Waals surface area contributed by atoms with Crippen LogP contribution in [0.4, 0.5) is 0 Å². The van der Waals surface area contributed by atoms with E-state index in [4.69, 9.17) is 0 Å². The van der Waals surface area contributed by atoms with Gasteiger partial charge in [-0.15, -0.1) is 0 Å². The standard InChI is InChI=1S/C45H47N3O6/c1-42(2)32(28-10-14-30(15-11-28)40(51)52)18-22-44(5)26-47(24-20-36(42)44)38(49)34-8-7-9-35(46-34)39(50)48-25-21-37-43(3,4)33(19-23-45(37,6)27-48)29-12-16-31(17-13-29)41(53)54/h7-21H,22-27H2,1-6H3,(H,51,52)(H,53,54)/t44-,45-/m1/s1. The third kappa shape index (κ3) is 6.19. The Morgan fingerprint density at radius 2 is 0.926 bits per heavy atom. The number of carboxylic acid groups (broad SMARTS) is 2. The van der Waals surface area contributed by atoms with Crippen molar-refractivity contribution in [3.8, 4) is 0 Å². The average molecular weight is 726 g/mol. The molecule has 2 atom stereocenters. The Labute approximate surface area is 316 Å². The van der Waals surface area contributed by atoms with Gasteiger partial charge in [0.15, 0.2) is 0 Å². The first-order valence-corrected chi connectivity index (χ1v) is 18.5.